The average molecular weight is 351 g/mol. The highest BCUT2D eigenvalue weighted by molar-refractivity contribution is 9.11. The highest BCUT2D eigenvalue weighted by atomic mass is 79.9. The lowest BCUT2D eigenvalue weighted by Gasteiger charge is -2.11. The van der Waals surface area contributed by atoms with Crippen molar-refractivity contribution in [3.63, 3.8) is 0 Å². The SMILES string of the molecule is Cc1c(Br)cc(CN[C@@H](C)C(=O)O)cc1Br. The first kappa shape index (κ1) is 13.7. The smallest absolute Gasteiger partial charge is 0.320 e. The standard InChI is InChI=1S/C11H13Br2NO2/c1-6-9(12)3-8(4-10(6)13)5-14-7(2)11(15)16/h3-4,7,14H,5H2,1-2H3,(H,15,16)/t7-/m0/s1. The van der Waals surface area contributed by atoms with Crippen molar-refractivity contribution in [2.75, 3.05) is 0 Å². The zero-order valence-corrected chi connectivity index (χ0v) is 12.2. The largest absolute Gasteiger partial charge is 0.480 e. The zero-order chi connectivity index (χ0) is 12.3. The number of hydrogen-bond acceptors (Lipinski definition) is 2. The lowest BCUT2D eigenvalue weighted by Crippen LogP contribution is -2.33. The fraction of sp³-hybridized carbons (Fsp3) is 0.364. The Morgan fingerprint density at radius 1 is 1.44 bits per heavy atom. The molecule has 0 saturated heterocycles. The summed E-state index contributed by atoms with van der Waals surface area (Å²) >= 11 is 6.92. The van der Waals surface area contributed by atoms with Crippen LogP contribution in [0.15, 0.2) is 21.1 Å². The molecule has 0 aliphatic heterocycles. The summed E-state index contributed by atoms with van der Waals surface area (Å²) in [6.07, 6.45) is 0. The molecule has 88 valence electrons. The van der Waals surface area contributed by atoms with E-state index in [1.807, 2.05) is 19.1 Å². The van der Waals surface area contributed by atoms with E-state index in [2.05, 4.69) is 37.2 Å². The molecule has 0 saturated carbocycles. The predicted octanol–water partition coefficient (Wildman–Crippen LogP) is 3.08. The minimum Gasteiger partial charge on any atom is -0.480 e. The molecule has 0 amide bonds. The molecular weight excluding hydrogens is 338 g/mol. The molecule has 0 spiro atoms. The van der Waals surface area contributed by atoms with Gasteiger partial charge in [-0.05, 0) is 37.1 Å². The molecule has 1 atom stereocenters. The van der Waals surface area contributed by atoms with Crippen LogP contribution in [0.1, 0.15) is 18.1 Å². The van der Waals surface area contributed by atoms with Gasteiger partial charge in [-0.2, -0.15) is 0 Å². The van der Waals surface area contributed by atoms with Crippen LogP contribution in [0.4, 0.5) is 0 Å². The highest BCUT2D eigenvalue weighted by Crippen LogP contribution is 2.26. The number of carbonyl (C=O) groups is 1. The summed E-state index contributed by atoms with van der Waals surface area (Å²) in [5, 5.41) is 11.7. The molecule has 0 aliphatic carbocycles. The van der Waals surface area contributed by atoms with E-state index in [-0.39, 0.29) is 0 Å². The van der Waals surface area contributed by atoms with Gasteiger partial charge in [0.25, 0.3) is 0 Å². The molecule has 16 heavy (non-hydrogen) atoms. The second-order valence-corrected chi connectivity index (χ2v) is 5.33. The Labute approximate surface area is 111 Å². The number of nitrogens with one attached hydrogen (secondary N) is 1. The second kappa shape index (κ2) is 5.80. The van der Waals surface area contributed by atoms with Crippen LogP contribution in [-0.4, -0.2) is 17.1 Å². The highest BCUT2D eigenvalue weighted by Gasteiger charge is 2.10. The molecule has 0 heterocycles. The molecule has 0 bridgehead atoms. The first-order chi connectivity index (χ1) is 7.41. The van der Waals surface area contributed by atoms with Crippen molar-refractivity contribution in [1.29, 1.82) is 0 Å². The molecule has 0 aromatic heterocycles. The molecular formula is C11H13Br2NO2. The summed E-state index contributed by atoms with van der Waals surface area (Å²) in [4.78, 5) is 10.6. The fourth-order valence-electron chi connectivity index (χ4n) is 1.16. The Bertz CT molecular complexity index is 384. The van der Waals surface area contributed by atoms with Crippen LogP contribution < -0.4 is 5.32 Å². The molecule has 0 fully saturated rings. The monoisotopic (exact) mass is 349 g/mol. The van der Waals surface area contributed by atoms with Crippen LogP contribution in [-0.2, 0) is 11.3 Å². The van der Waals surface area contributed by atoms with Crippen LogP contribution in [0, 0.1) is 6.92 Å². The summed E-state index contributed by atoms with van der Waals surface area (Å²) < 4.78 is 2.03. The van der Waals surface area contributed by atoms with Gasteiger partial charge in [-0.25, -0.2) is 0 Å². The van der Waals surface area contributed by atoms with Gasteiger partial charge in [-0.15, -0.1) is 0 Å². The summed E-state index contributed by atoms with van der Waals surface area (Å²) in [7, 11) is 0. The van der Waals surface area contributed by atoms with E-state index in [1.165, 1.54) is 0 Å². The van der Waals surface area contributed by atoms with E-state index in [1.54, 1.807) is 6.92 Å². The number of halogens is 2. The van der Waals surface area contributed by atoms with Gasteiger partial charge in [-0.1, -0.05) is 31.9 Å². The number of carboxylic acid groups (broad SMARTS) is 1. The van der Waals surface area contributed by atoms with E-state index in [0.29, 0.717) is 6.54 Å². The predicted molar refractivity (Wildman–Crippen MR) is 70.5 cm³/mol. The van der Waals surface area contributed by atoms with Gasteiger partial charge in [0.05, 0.1) is 0 Å². The minimum atomic E-state index is -0.842. The molecule has 1 rings (SSSR count). The topological polar surface area (TPSA) is 49.3 Å². The Morgan fingerprint density at radius 2 is 1.94 bits per heavy atom. The molecule has 0 aliphatic rings. The van der Waals surface area contributed by atoms with Crippen LogP contribution in [0.2, 0.25) is 0 Å². The first-order valence-electron chi connectivity index (χ1n) is 4.82. The van der Waals surface area contributed by atoms with Crippen LogP contribution in [0.3, 0.4) is 0 Å². The maximum Gasteiger partial charge on any atom is 0.320 e. The number of rotatable bonds is 4. The summed E-state index contributed by atoms with van der Waals surface area (Å²) in [5.41, 5.74) is 2.17. The lowest BCUT2D eigenvalue weighted by molar-refractivity contribution is -0.139. The molecule has 0 unspecified atom stereocenters. The van der Waals surface area contributed by atoms with Crippen molar-refractivity contribution < 1.29 is 9.90 Å². The lowest BCUT2D eigenvalue weighted by atomic mass is 10.1. The third-order valence-electron chi connectivity index (χ3n) is 2.32. The number of benzene rings is 1. The number of carboxylic acids is 1. The van der Waals surface area contributed by atoms with E-state index >= 15 is 0 Å². The van der Waals surface area contributed by atoms with Gasteiger partial charge in [0, 0.05) is 15.5 Å². The Kier molecular flexibility index (Phi) is 4.95. The van der Waals surface area contributed by atoms with Gasteiger partial charge >= 0.3 is 5.97 Å². The third kappa shape index (κ3) is 3.57. The van der Waals surface area contributed by atoms with Crippen LogP contribution in [0.5, 0.6) is 0 Å². The Hall–Kier alpha value is -0.390. The van der Waals surface area contributed by atoms with Crippen molar-refractivity contribution >= 4 is 37.8 Å². The summed E-state index contributed by atoms with van der Waals surface area (Å²) in [5.74, 6) is -0.842. The van der Waals surface area contributed by atoms with Gasteiger partial charge < -0.3 is 10.4 Å². The van der Waals surface area contributed by atoms with Crippen molar-refractivity contribution in [3.8, 4) is 0 Å². The normalized spacial score (nSPS) is 12.5. The van der Waals surface area contributed by atoms with Crippen molar-refractivity contribution in [1.82, 2.24) is 5.32 Å². The van der Waals surface area contributed by atoms with E-state index in [0.717, 1.165) is 20.1 Å². The van der Waals surface area contributed by atoms with E-state index < -0.39 is 12.0 Å². The first-order valence-corrected chi connectivity index (χ1v) is 6.41. The minimum absolute atomic E-state index is 0.533. The summed E-state index contributed by atoms with van der Waals surface area (Å²) in [6.45, 7) is 4.16. The number of aliphatic carboxylic acids is 1. The maximum atomic E-state index is 10.6. The Morgan fingerprint density at radius 3 is 2.38 bits per heavy atom. The molecule has 0 radical (unpaired) electrons. The van der Waals surface area contributed by atoms with Gasteiger partial charge in [0.15, 0.2) is 0 Å². The zero-order valence-electron chi connectivity index (χ0n) is 9.05. The van der Waals surface area contributed by atoms with Gasteiger partial charge in [0.2, 0.25) is 0 Å². The second-order valence-electron chi connectivity index (χ2n) is 3.63. The van der Waals surface area contributed by atoms with E-state index in [9.17, 15) is 4.79 Å². The fourth-order valence-corrected chi connectivity index (χ4v) is 2.44. The molecule has 3 nitrogen and oxygen atoms in total. The van der Waals surface area contributed by atoms with Crippen molar-refractivity contribution in [2.45, 2.75) is 26.4 Å². The summed E-state index contributed by atoms with van der Waals surface area (Å²) in [6, 6.07) is 3.43. The quantitative estimate of drug-likeness (QED) is 0.877. The van der Waals surface area contributed by atoms with Gasteiger partial charge in [0.1, 0.15) is 6.04 Å². The van der Waals surface area contributed by atoms with Crippen LogP contribution >= 0.6 is 31.9 Å². The van der Waals surface area contributed by atoms with E-state index in [4.69, 9.17) is 5.11 Å². The molecule has 1 aromatic rings. The maximum absolute atomic E-state index is 10.6. The van der Waals surface area contributed by atoms with Crippen molar-refractivity contribution in [2.24, 2.45) is 0 Å². The molecule has 1 aromatic carbocycles. The number of hydrogen-bond donors (Lipinski definition) is 2. The third-order valence-corrected chi connectivity index (χ3v) is 3.97. The van der Waals surface area contributed by atoms with Gasteiger partial charge in [-0.3, -0.25) is 4.79 Å². The Balaban J connectivity index is 2.72. The van der Waals surface area contributed by atoms with Crippen molar-refractivity contribution in [3.05, 3.63) is 32.2 Å². The molecule has 2 N–H and O–H groups in total. The average Bonchev–Trinajstić information content (AvgIpc) is 2.22. The van der Waals surface area contributed by atoms with Crippen LogP contribution in [0.25, 0.3) is 0 Å². The molecule has 5 heteroatoms.